The zero-order valence-corrected chi connectivity index (χ0v) is 20.1. The first-order valence-electron chi connectivity index (χ1n) is 9.65. The zero-order valence-electron chi connectivity index (χ0n) is 16.2. The normalized spacial score (nSPS) is 15.2. The molecule has 0 atom stereocenters. The molecule has 1 fully saturated rings. The number of amides is 1. The summed E-state index contributed by atoms with van der Waals surface area (Å²) in [6.07, 6.45) is 1.44. The summed E-state index contributed by atoms with van der Waals surface area (Å²) in [6, 6.07) is 10.8. The van der Waals surface area contributed by atoms with E-state index in [1.165, 1.54) is 6.07 Å². The first-order chi connectivity index (χ1) is 14.9. The SMILES string of the molecule is O=C(Nc1cc(Cl)c(Cl)cc1Cl)C1CCN(Cc2nc(-c3cccc(Br)c3)no2)CC1. The summed E-state index contributed by atoms with van der Waals surface area (Å²) in [5.41, 5.74) is 1.36. The van der Waals surface area contributed by atoms with Crippen LogP contribution in [0.1, 0.15) is 18.7 Å². The maximum atomic E-state index is 12.7. The monoisotopic (exact) mass is 542 g/mol. The van der Waals surface area contributed by atoms with Gasteiger partial charge in [0, 0.05) is 16.0 Å². The van der Waals surface area contributed by atoms with E-state index in [9.17, 15) is 4.79 Å². The van der Waals surface area contributed by atoms with E-state index in [-0.39, 0.29) is 11.8 Å². The Labute approximate surface area is 203 Å². The molecular weight excluding hydrogens is 527 g/mol. The van der Waals surface area contributed by atoms with Gasteiger partial charge in [-0.15, -0.1) is 0 Å². The molecule has 2 aromatic carbocycles. The Bertz CT molecular complexity index is 1100. The van der Waals surface area contributed by atoms with E-state index in [0.29, 0.717) is 39.0 Å². The first kappa shape index (κ1) is 22.6. The van der Waals surface area contributed by atoms with Gasteiger partial charge in [-0.25, -0.2) is 0 Å². The Balaban J connectivity index is 1.31. The van der Waals surface area contributed by atoms with Crippen molar-refractivity contribution >= 4 is 62.3 Å². The molecule has 10 heteroatoms. The predicted octanol–water partition coefficient (Wildman–Crippen LogP) is 6.31. The molecule has 2 heterocycles. The van der Waals surface area contributed by atoms with Crippen molar-refractivity contribution in [3.05, 3.63) is 61.8 Å². The van der Waals surface area contributed by atoms with Crippen LogP contribution >= 0.6 is 50.7 Å². The lowest BCUT2D eigenvalue weighted by Crippen LogP contribution is -2.37. The largest absolute Gasteiger partial charge is 0.338 e. The van der Waals surface area contributed by atoms with E-state index in [0.717, 1.165) is 36.0 Å². The van der Waals surface area contributed by atoms with Gasteiger partial charge in [0.2, 0.25) is 17.6 Å². The Morgan fingerprint density at radius 2 is 1.87 bits per heavy atom. The highest BCUT2D eigenvalue weighted by molar-refractivity contribution is 9.10. The third-order valence-electron chi connectivity index (χ3n) is 5.14. The number of anilines is 1. The third kappa shape index (κ3) is 5.59. The average molecular weight is 545 g/mol. The molecule has 0 spiro atoms. The molecule has 0 aliphatic carbocycles. The van der Waals surface area contributed by atoms with Crippen LogP contribution in [-0.2, 0) is 11.3 Å². The molecule has 0 saturated carbocycles. The maximum absolute atomic E-state index is 12.7. The van der Waals surface area contributed by atoms with Gasteiger partial charge < -0.3 is 9.84 Å². The van der Waals surface area contributed by atoms with Crippen LogP contribution < -0.4 is 5.32 Å². The molecule has 0 unspecified atom stereocenters. The summed E-state index contributed by atoms with van der Waals surface area (Å²) in [5.74, 6) is 0.931. The van der Waals surface area contributed by atoms with Crippen LogP contribution in [0.4, 0.5) is 5.69 Å². The van der Waals surface area contributed by atoms with Crippen molar-refractivity contribution in [2.24, 2.45) is 5.92 Å². The summed E-state index contributed by atoms with van der Waals surface area (Å²) < 4.78 is 6.37. The van der Waals surface area contributed by atoms with Crippen molar-refractivity contribution < 1.29 is 9.32 Å². The van der Waals surface area contributed by atoms with Crippen LogP contribution in [0.15, 0.2) is 45.4 Å². The fraction of sp³-hybridized carbons (Fsp3) is 0.286. The van der Waals surface area contributed by atoms with Crippen molar-refractivity contribution in [1.82, 2.24) is 15.0 Å². The van der Waals surface area contributed by atoms with Crippen LogP contribution in [0.25, 0.3) is 11.4 Å². The second-order valence-corrected chi connectivity index (χ2v) is 9.45. The van der Waals surface area contributed by atoms with Gasteiger partial charge in [0.15, 0.2) is 0 Å². The molecule has 162 valence electrons. The lowest BCUT2D eigenvalue weighted by Gasteiger charge is -2.30. The number of nitrogens with one attached hydrogen (secondary N) is 1. The maximum Gasteiger partial charge on any atom is 0.241 e. The molecule has 6 nitrogen and oxygen atoms in total. The Hall–Kier alpha value is -1.64. The summed E-state index contributed by atoms with van der Waals surface area (Å²) in [6.45, 7) is 2.05. The van der Waals surface area contributed by atoms with E-state index in [1.807, 2.05) is 24.3 Å². The molecule has 1 aromatic heterocycles. The number of hydrogen-bond acceptors (Lipinski definition) is 5. The summed E-state index contributed by atoms with van der Waals surface area (Å²) in [7, 11) is 0. The number of likely N-dealkylation sites (tertiary alicyclic amines) is 1. The van der Waals surface area contributed by atoms with Gasteiger partial charge in [0.05, 0.1) is 27.3 Å². The number of rotatable bonds is 5. The Morgan fingerprint density at radius 3 is 2.61 bits per heavy atom. The highest BCUT2D eigenvalue weighted by atomic mass is 79.9. The van der Waals surface area contributed by atoms with Crippen molar-refractivity contribution in [1.29, 1.82) is 0 Å². The molecular formula is C21H18BrCl3N4O2. The topological polar surface area (TPSA) is 71.3 Å². The van der Waals surface area contributed by atoms with E-state index in [4.69, 9.17) is 39.3 Å². The van der Waals surface area contributed by atoms with Gasteiger partial charge in [-0.3, -0.25) is 9.69 Å². The number of aromatic nitrogens is 2. The fourth-order valence-electron chi connectivity index (χ4n) is 3.46. The summed E-state index contributed by atoms with van der Waals surface area (Å²) >= 11 is 21.6. The van der Waals surface area contributed by atoms with E-state index < -0.39 is 0 Å². The average Bonchev–Trinajstić information content (AvgIpc) is 3.21. The summed E-state index contributed by atoms with van der Waals surface area (Å²) in [5, 5.41) is 7.99. The summed E-state index contributed by atoms with van der Waals surface area (Å²) in [4.78, 5) is 19.4. The van der Waals surface area contributed by atoms with Gasteiger partial charge >= 0.3 is 0 Å². The number of halogens is 4. The lowest BCUT2D eigenvalue weighted by atomic mass is 9.96. The fourth-order valence-corrected chi connectivity index (χ4v) is 4.45. The standard InChI is InChI=1S/C21H18BrCl3N4O2/c22-14-3-1-2-13(8-14)20-27-19(31-28-20)11-29-6-4-12(5-7-29)21(30)26-18-10-16(24)15(23)9-17(18)25/h1-3,8-10,12H,4-7,11H2,(H,26,30). The zero-order chi connectivity index (χ0) is 22.0. The molecule has 4 rings (SSSR count). The molecule has 1 saturated heterocycles. The number of benzene rings is 2. The van der Waals surface area contributed by atoms with E-state index in [1.54, 1.807) is 6.07 Å². The molecule has 1 aliphatic rings. The quantitative estimate of drug-likeness (QED) is 0.381. The first-order valence-corrected chi connectivity index (χ1v) is 11.6. The molecule has 1 N–H and O–H groups in total. The van der Waals surface area contributed by atoms with Crippen molar-refractivity contribution in [3.63, 3.8) is 0 Å². The highest BCUT2D eigenvalue weighted by Crippen LogP contribution is 2.33. The van der Waals surface area contributed by atoms with Crippen molar-refractivity contribution in [2.75, 3.05) is 18.4 Å². The molecule has 3 aromatic rings. The molecule has 31 heavy (non-hydrogen) atoms. The number of hydrogen-bond donors (Lipinski definition) is 1. The highest BCUT2D eigenvalue weighted by Gasteiger charge is 2.26. The molecule has 0 radical (unpaired) electrons. The van der Waals surface area contributed by atoms with Gasteiger partial charge in [-0.2, -0.15) is 4.98 Å². The number of carbonyl (C=O) groups excluding carboxylic acids is 1. The number of piperidine rings is 1. The van der Waals surface area contributed by atoms with Crippen LogP contribution in [-0.4, -0.2) is 34.0 Å². The van der Waals surface area contributed by atoms with Gasteiger partial charge in [0.25, 0.3) is 0 Å². The van der Waals surface area contributed by atoms with Crippen LogP contribution in [0.5, 0.6) is 0 Å². The Kier molecular flexibility index (Phi) is 7.19. The van der Waals surface area contributed by atoms with Gasteiger partial charge in [0.1, 0.15) is 0 Å². The minimum atomic E-state index is -0.110. The molecule has 1 amide bonds. The van der Waals surface area contributed by atoms with E-state index in [2.05, 4.69) is 36.3 Å². The van der Waals surface area contributed by atoms with Gasteiger partial charge in [-0.05, 0) is 50.2 Å². The molecule has 1 aliphatic heterocycles. The van der Waals surface area contributed by atoms with Crippen LogP contribution in [0.2, 0.25) is 15.1 Å². The lowest BCUT2D eigenvalue weighted by molar-refractivity contribution is -0.121. The second kappa shape index (κ2) is 9.88. The minimum Gasteiger partial charge on any atom is -0.338 e. The van der Waals surface area contributed by atoms with Gasteiger partial charge in [-0.1, -0.05) is 68.0 Å². The molecule has 0 bridgehead atoms. The van der Waals surface area contributed by atoms with Crippen LogP contribution in [0.3, 0.4) is 0 Å². The third-order valence-corrected chi connectivity index (χ3v) is 6.66. The minimum absolute atomic E-state index is 0.0744. The number of nitrogens with zero attached hydrogens (tertiary/aromatic N) is 3. The van der Waals surface area contributed by atoms with Crippen molar-refractivity contribution in [2.45, 2.75) is 19.4 Å². The number of carbonyl (C=O) groups is 1. The smallest absolute Gasteiger partial charge is 0.241 e. The predicted molar refractivity (Wildman–Crippen MR) is 126 cm³/mol. The Morgan fingerprint density at radius 1 is 1.13 bits per heavy atom. The van der Waals surface area contributed by atoms with Crippen LogP contribution in [0, 0.1) is 5.92 Å². The van der Waals surface area contributed by atoms with E-state index >= 15 is 0 Å². The van der Waals surface area contributed by atoms with Crippen molar-refractivity contribution in [3.8, 4) is 11.4 Å². The second-order valence-electron chi connectivity index (χ2n) is 7.31.